The first kappa shape index (κ1) is 11.3. The lowest BCUT2D eigenvalue weighted by Crippen LogP contribution is -2.22. The molecule has 1 amide bonds. The molecule has 1 aromatic heterocycles. The van der Waals surface area contributed by atoms with Crippen molar-refractivity contribution in [1.29, 1.82) is 0 Å². The summed E-state index contributed by atoms with van der Waals surface area (Å²) in [5.74, 6) is -0.137. The number of H-pyrrole nitrogens is 1. The number of rotatable bonds is 4. The zero-order chi connectivity index (χ0) is 12.1. The average Bonchev–Trinajstić information content (AvgIpc) is 2.90. The standard InChI is InChI=1S/C12H14N4O/c13-5-9-1-3-10(4-2-9)6-14-12(17)11-7-15-16-8-11/h1-4,7-8H,5-6,13H2,(H,14,17)(H,15,16). The van der Waals surface area contributed by atoms with Crippen LogP contribution in [0.25, 0.3) is 0 Å². The number of carbonyl (C=O) groups is 1. The minimum atomic E-state index is -0.137. The molecule has 0 spiro atoms. The molecule has 5 heteroatoms. The zero-order valence-electron chi connectivity index (χ0n) is 9.31. The fraction of sp³-hybridized carbons (Fsp3) is 0.167. The summed E-state index contributed by atoms with van der Waals surface area (Å²) < 4.78 is 0. The Morgan fingerprint density at radius 1 is 1.29 bits per heavy atom. The van der Waals surface area contributed by atoms with Gasteiger partial charge in [-0.1, -0.05) is 24.3 Å². The molecule has 2 rings (SSSR count). The van der Waals surface area contributed by atoms with Crippen molar-refractivity contribution in [3.8, 4) is 0 Å². The fourth-order valence-corrected chi connectivity index (χ4v) is 1.45. The van der Waals surface area contributed by atoms with Crippen LogP contribution in [0, 0.1) is 0 Å². The van der Waals surface area contributed by atoms with Crippen molar-refractivity contribution in [3.05, 3.63) is 53.3 Å². The molecule has 2 aromatic rings. The van der Waals surface area contributed by atoms with Crippen LogP contribution >= 0.6 is 0 Å². The van der Waals surface area contributed by atoms with Crippen LogP contribution in [0.4, 0.5) is 0 Å². The largest absolute Gasteiger partial charge is 0.348 e. The Morgan fingerprint density at radius 2 is 2.00 bits per heavy atom. The number of hydrogen-bond acceptors (Lipinski definition) is 3. The highest BCUT2D eigenvalue weighted by Crippen LogP contribution is 2.04. The topological polar surface area (TPSA) is 83.8 Å². The summed E-state index contributed by atoms with van der Waals surface area (Å²) in [6.45, 7) is 1.02. The third kappa shape index (κ3) is 2.92. The van der Waals surface area contributed by atoms with Gasteiger partial charge in [0, 0.05) is 19.3 Å². The maximum atomic E-state index is 11.6. The molecule has 17 heavy (non-hydrogen) atoms. The molecule has 4 N–H and O–H groups in total. The molecule has 0 aliphatic rings. The van der Waals surface area contributed by atoms with Gasteiger partial charge in [0.1, 0.15) is 0 Å². The Hall–Kier alpha value is -2.14. The molecule has 0 aliphatic carbocycles. The highest BCUT2D eigenvalue weighted by molar-refractivity contribution is 5.93. The van der Waals surface area contributed by atoms with Gasteiger partial charge in [-0.25, -0.2) is 0 Å². The SMILES string of the molecule is NCc1ccc(CNC(=O)c2cn[nH]c2)cc1. The van der Waals surface area contributed by atoms with Gasteiger partial charge in [0.2, 0.25) is 0 Å². The molecular weight excluding hydrogens is 216 g/mol. The number of amides is 1. The number of nitrogens with zero attached hydrogens (tertiary/aromatic N) is 1. The van der Waals surface area contributed by atoms with E-state index in [0.717, 1.165) is 11.1 Å². The molecule has 5 nitrogen and oxygen atoms in total. The Morgan fingerprint density at radius 3 is 2.59 bits per heavy atom. The van der Waals surface area contributed by atoms with Crippen LogP contribution in [0.5, 0.6) is 0 Å². The van der Waals surface area contributed by atoms with Crippen LogP contribution in [-0.4, -0.2) is 16.1 Å². The smallest absolute Gasteiger partial charge is 0.254 e. The number of aromatic nitrogens is 2. The van der Waals surface area contributed by atoms with Crippen LogP contribution in [0.3, 0.4) is 0 Å². The monoisotopic (exact) mass is 230 g/mol. The summed E-state index contributed by atoms with van der Waals surface area (Å²) in [6.07, 6.45) is 3.06. The summed E-state index contributed by atoms with van der Waals surface area (Å²) in [5.41, 5.74) is 8.16. The molecule has 0 radical (unpaired) electrons. The second-order valence-electron chi connectivity index (χ2n) is 3.69. The minimum Gasteiger partial charge on any atom is -0.348 e. The first-order valence-electron chi connectivity index (χ1n) is 5.34. The third-order valence-electron chi connectivity index (χ3n) is 2.47. The van der Waals surface area contributed by atoms with Gasteiger partial charge >= 0.3 is 0 Å². The average molecular weight is 230 g/mol. The van der Waals surface area contributed by atoms with Gasteiger partial charge in [-0.3, -0.25) is 9.89 Å². The van der Waals surface area contributed by atoms with E-state index >= 15 is 0 Å². The number of nitrogens with one attached hydrogen (secondary N) is 2. The molecular formula is C12H14N4O. The van der Waals surface area contributed by atoms with E-state index in [1.807, 2.05) is 24.3 Å². The number of carbonyl (C=O) groups excluding carboxylic acids is 1. The van der Waals surface area contributed by atoms with E-state index in [2.05, 4.69) is 15.5 Å². The van der Waals surface area contributed by atoms with Crippen LogP contribution in [0.1, 0.15) is 21.5 Å². The Kier molecular flexibility index (Phi) is 3.52. The summed E-state index contributed by atoms with van der Waals surface area (Å²) in [6, 6.07) is 7.83. The van der Waals surface area contributed by atoms with Gasteiger partial charge in [-0.15, -0.1) is 0 Å². The number of nitrogens with two attached hydrogens (primary N) is 1. The van der Waals surface area contributed by atoms with Gasteiger partial charge in [-0.2, -0.15) is 5.10 Å². The molecule has 0 fully saturated rings. The Labute approximate surface area is 99.0 Å². The zero-order valence-corrected chi connectivity index (χ0v) is 9.31. The lowest BCUT2D eigenvalue weighted by Gasteiger charge is -2.04. The molecule has 0 aliphatic heterocycles. The molecule has 0 saturated carbocycles. The molecule has 0 bridgehead atoms. The Bertz CT molecular complexity index is 476. The van der Waals surface area contributed by atoms with E-state index in [9.17, 15) is 4.79 Å². The lowest BCUT2D eigenvalue weighted by atomic mass is 10.1. The van der Waals surface area contributed by atoms with Gasteiger partial charge in [-0.05, 0) is 11.1 Å². The van der Waals surface area contributed by atoms with Gasteiger partial charge in [0.25, 0.3) is 5.91 Å². The maximum Gasteiger partial charge on any atom is 0.254 e. The van der Waals surface area contributed by atoms with Crippen LogP contribution < -0.4 is 11.1 Å². The summed E-state index contributed by atoms with van der Waals surface area (Å²) in [4.78, 5) is 11.6. The fourth-order valence-electron chi connectivity index (χ4n) is 1.45. The lowest BCUT2D eigenvalue weighted by molar-refractivity contribution is 0.0951. The van der Waals surface area contributed by atoms with Crippen molar-refractivity contribution in [2.24, 2.45) is 5.73 Å². The van der Waals surface area contributed by atoms with Crippen molar-refractivity contribution in [2.75, 3.05) is 0 Å². The first-order valence-corrected chi connectivity index (χ1v) is 5.34. The normalized spacial score (nSPS) is 10.2. The molecule has 88 valence electrons. The number of hydrogen-bond donors (Lipinski definition) is 3. The summed E-state index contributed by atoms with van der Waals surface area (Å²) in [5, 5.41) is 9.13. The molecule has 1 heterocycles. The minimum absolute atomic E-state index is 0.137. The molecule has 0 saturated heterocycles. The van der Waals surface area contributed by atoms with Gasteiger partial charge < -0.3 is 11.1 Å². The van der Waals surface area contributed by atoms with E-state index in [1.165, 1.54) is 6.20 Å². The predicted octanol–water partition coefficient (Wildman–Crippen LogP) is 0.798. The highest BCUT2D eigenvalue weighted by atomic mass is 16.1. The van der Waals surface area contributed by atoms with Gasteiger partial charge in [0.05, 0.1) is 11.8 Å². The third-order valence-corrected chi connectivity index (χ3v) is 2.47. The van der Waals surface area contributed by atoms with E-state index < -0.39 is 0 Å². The van der Waals surface area contributed by atoms with Crippen molar-refractivity contribution in [2.45, 2.75) is 13.1 Å². The molecule has 1 aromatic carbocycles. The van der Waals surface area contributed by atoms with E-state index in [1.54, 1.807) is 6.20 Å². The second kappa shape index (κ2) is 5.27. The van der Waals surface area contributed by atoms with Crippen molar-refractivity contribution in [1.82, 2.24) is 15.5 Å². The highest BCUT2D eigenvalue weighted by Gasteiger charge is 2.05. The Balaban J connectivity index is 1.91. The van der Waals surface area contributed by atoms with Crippen molar-refractivity contribution in [3.63, 3.8) is 0 Å². The van der Waals surface area contributed by atoms with Crippen molar-refractivity contribution < 1.29 is 4.79 Å². The van der Waals surface area contributed by atoms with Crippen molar-refractivity contribution >= 4 is 5.91 Å². The van der Waals surface area contributed by atoms with E-state index in [-0.39, 0.29) is 5.91 Å². The van der Waals surface area contributed by atoms with E-state index in [0.29, 0.717) is 18.7 Å². The quantitative estimate of drug-likeness (QED) is 0.726. The molecule has 0 atom stereocenters. The second-order valence-corrected chi connectivity index (χ2v) is 3.69. The number of aromatic amines is 1. The van der Waals surface area contributed by atoms with Gasteiger partial charge in [0.15, 0.2) is 0 Å². The van der Waals surface area contributed by atoms with Crippen LogP contribution in [0.2, 0.25) is 0 Å². The molecule has 0 unspecified atom stereocenters. The van der Waals surface area contributed by atoms with E-state index in [4.69, 9.17) is 5.73 Å². The maximum absolute atomic E-state index is 11.6. The summed E-state index contributed by atoms with van der Waals surface area (Å²) >= 11 is 0. The predicted molar refractivity (Wildman–Crippen MR) is 64.1 cm³/mol. The first-order chi connectivity index (χ1) is 8.29. The summed E-state index contributed by atoms with van der Waals surface area (Å²) in [7, 11) is 0. The van der Waals surface area contributed by atoms with Crippen LogP contribution in [0.15, 0.2) is 36.7 Å². The van der Waals surface area contributed by atoms with Crippen LogP contribution in [-0.2, 0) is 13.1 Å². The number of benzene rings is 1.